The summed E-state index contributed by atoms with van der Waals surface area (Å²) in [5.74, 6) is 0.912. The van der Waals surface area contributed by atoms with Gasteiger partial charge >= 0.3 is 0 Å². The molecule has 2 aromatic rings. The lowest BCUT2D eigenvalue weighted by Crippen LogP contribution is -2.38. The largest absolute Gasteiger partial charge is 0.384 e. The second kappa shape index (κ2) is 7.26. The third-order valence-corrected chi connectivity index (χ3v) is 7.14. The van der Waals surface area contributed by atoms with Crippen molar-refractivity contribution in [3.8, 4) is 0 Å². The highest BCUT2D eigenvalue weighted by molar-refractivity contribution is 7.09. The molecule has 1 spiro atoms. The minimum Gasteiger partial charge on any atom is -0.384 e. The van der Waals surface area contributed by atoms with Gasteiger partial charge in [-0.15, -0.1) is 11.3 Å². The number of aromatic nitrogens is 3. The molecule has 1 saturated carbocycles. The van der Waals surface area contributed by atoms with Crippen LogP contribution in [0.3, 0.4) is 0 Å². The fourth-order valence-corrected chi connectivity index (χ4v) is 5.39. The SMILES string of the molecule is COCCc1nsc(N2CCC3(CC2)CC3N(C)Cc2nccs2)n1. The predicted molar refractivity (Wildman–Crippen MR) is 101 cm³/mol. The molecule has 2 aromatic heterocycles. The first kappa shape index (κ1) is 17.3. The Morgan fingerprint density at radius 3 is 2.96 bits per heavy atom. The Labute approximate surface area is 157 Å². The van der Waals surface area contributed by atoms with Crippen molar-refractivity contribution in [1.29, 1.82) is 0 Å². The Morgan fingerprint density at radius 2 is 2.24 bits per heavy atom. The first-order valence-electron chi connectivity index (χ1n) is 8.85. The van der Waals surface area contributed by atoms with E-state index in [1.165, 1.54) is 35.8 Å². The minimum atomic E-state index is 0.520. The van der Waals surface area contributed by atoms with Crippen LogP contribution in [-0.2, 0) is 17.7 Å². The maximum atomic E-state index is 5.11. The molecule has 6 nitrogen and oxygen atoms in total. The third kappa shape index (κ3) is 3.72. The van der Waals surface area contributed by atoms with E-state index in [1.807, 2.05) is 6.20 Å². The standard InChI is InChI=1S/C17H25N5OS2/c1-21(12-15-18-6-10-24-15)13-11-17(13)4-7-22(8-5-17)16-19-14(20-25-16)3-9-23-2/h6,10,13H,3-5,7-9,11-12H2,1-2H3. The molecule has 4 rings (SSSR count). The molecule has 0 aromatic carbocycles. The zero-order chi connectivity index (χ0) is 17.3. The van der Waals surface area contributed by atoms with Gasteiger partial charge in [-0.25, -0.2) is 9.97 Å². The fraction of sp³-hybridized carbons (Fsp3) is 0.706. The van der Waals surface area contributed by atoms with Crippen molar-refractivity contribution in [2.24, 2.45) is 5.41 Å². The molecule has 3 heterocycles. The molecule has 1 saturated heterocycles. The highest BCUT2D eigenvalue weighted by Crippen LogP contribution is 2.56. The van der Waals surface area contributed by atoms with Crippen LogP contribution in [0.5, 0.6) is 0 Å². The van der Waals surface area contributed by atoms with Gasteiger partial charge in [-0.1, -0.05) is 0 Å². The van der Waals surface area contributed by atoms with Gasteiger partial charge in [0.05, 0.1) is 13.2 Å². The van der Waals surface area contributed by atoms with E-state index in [2.05, 4.69) is 36.6 Å². The number of ether oxygens (including phenoxy) is 1. The summed E-state index contributed by atoms with van der Waals surface area (Å²) in [6.45, 7) is 3.86. The van der Waals surface area contributed by atoms with Crippen molar-refractivity contribution in [1.82, 2.24) is 19.2 Å². The number of nitrogens with zero attached hydrogens (tertiary/aromatic N) is 5. The third-order valence-electron chi connectivity index (χ3n) is 5.56. The van der Waals surface area contributed by atoms with Crippen molar-refractivity contribution in [3.05, 3.63) is 22.4 Å². The number of rotatable bonds is 7. The molecule has 0 N–H and O–H groups in total. The first-order valence-corrected chi connectivity index (χ1v) is 10.5. The van der Waals surface area contributed by atoms with Gasteiger partial charge < -0.3 is 9.64 Å². The van der Waals surface area contributed by atoms with Crippen LogP contribution >= 0.6 is 22.9 Å². The van der Waals surface area contributed by atoms with Crippen LogP contribution in [0.15, 0.2) is 11.6 Å². The van der Waals surface area contributed by atoms with Crippen LogP contribution in [0.25, 0.3) is 0 Å². The normalized spacial score (nSPS) is 22.0. The van der Waals surface area contributed by atoms with E-state index in [-0.39, 0.29) is 0 Å². The average molecular weight is 380 g/mol. The smallest absolute Gasteiger partial charge is 0.205 e. The van der Waals surface area contributed by atoms with Gasteiger partial charge in [0.15, 0.2) is 0 Å². The summed E-state index contributed by atoms with van der Waals surface area (Å²) in [6.07, 6.45) is 6.55. The van der Waals surface area contributed by atoms with Crippen LogP contribution in [0.1, 0.15) is 30.1 Å². The second-order valence-electron chi connectivity index (χ2n) is 7.15. The van der Waals surface area contributed by atoms with E-state index in [0.29, 0.717) is 18.1 Å². The molecule has 2 fully saturated rings. The van der Waals surface area contributed by atoms with E-state index >= 15 is 0 Å². The maximum absolute atomic E-state index is 5.11. The Bertz CT molecular complexity index is 681. The lowest BCUT2D eigenvalue weighted by atomic mass is 9.92. The number of hydrogen-bond donors (Lipinski definition) is 0. The summed E-state index contributed by atoms with van der Waals surface area (Å²) in [7, 11) is 3.97. The minimum absolute atomic E-state index is 0.520. The van der Waals surface area contributed by atoms with Gasteiger partial charge in [0.2, 0.25) is 5.13 Å². The topological polar surface area (TPSA) is 54.4 Å². The van der Waals surface area contributed by atoms with Gasteiger partial charge in [-0.05, 0) is 31.7 Å². The molecule has 2 aliphatic rings. The van der Waals surface area contributed by atoms with Gasteiger partial charge in [0.1, 0.15) is 10.8 Å². The predicted octanol–water partition coefficient (Wildman–Crippen LogP) is 2.67. The lowest BCUT2D eigenvalue weighted by Gasteiger charge is -2.33. The molecular formula is C17H25N5OS2. The van der Waals surface area contributed by atoms with Crippen molar-refractivity contribution >= 4 is 28.0 Å². The van der Waals surface area contributed by atoms with Gasteiger partial charge in [-0.3, -0.25) is 4.90 Å². The van der Waals surface area contributed by atoms with Crippen LogP contribution in [0.2, 0.25) is 0 Å². The summed E-state index contributed by atoms with van der Waals surface area (Å²) < 4.78 is 9.57. The van der Waals surface area contributed by atoms with Gasteiger partial charge in [-0.2, -0.15) is 4.37 Å². The van der Waals surface area contributed by atoms with Crippen molar-refractivity contribution < 1.29 is 4.74 Å². The van der Waals surface area contributed by atoms with Crippen LogP contribution in [0, 0.1) is 5.41 Å². The molecule has 8 heteroatoms. The summed E-state index contributed by atoms with van der Waals surface area (Å²) in [5.41, 5.74) is 0.520. The van der Waals surface area contributed by atoms with E-state index in [4.69, 9.17) is 4.74 Å². The molecule has 0 bridgehead atoms. The van der Waals surface area contributed by atoms with E-state index in [0.717, 1.165) is 37.0 Å². The molecule has 1 unspecified atom stereocenters. The van der Waals surface area contributed by atoms with E-state index in [1.54, 1.807) is 18.4 Å². The monoisotopic (exact) mass is 379 g/mol. The zero-order valence-corrected chi connectivity index (χ0v) is 16.5. The van der Waals surface area contributed by atoms with Gasteiger partial charge in [0, 0.05) is 55.8 Å². The lowest BCUT2D eigenvalue weighted by molar-refractivity contribution is 0.201. The van der Waals surface area contributed by atoms with Crippen molar-refractivity contribution in [3.63, 3.8) is 0 Å². The van der Waals surface area contributed by atoms with Crippen LogP contribution in [-0.4, -0.2) is 59.1 Å². The van der Waals surface area contributed by atoms with Gasteiger partial charge in [0.25, 0.3) is 0 Å². The summed E-state index contributed by atoms with van der Waals surface area (Å²) in [4.78, 5) is 14.0. The molecule has 1 aliphatic carbocycles. The Morgan fingerprint density at radius 1 is 1.40 bits per heavy atom. The molecule has 1 atom stereocenters. The molecule has 136 valence electrons. The highest BCUT2D eigenvalue weighted by Gasteiger charge is 2.56. The molecule has 0 amide bonds. The van der Waals surface area contributed by atoms with Crippen molar-refractivity contribution in [2.45, 2.75) is 38.3 Å². The quantitative estimate of drug-likeness (QED) is 0.737. The Balaban J connectivity index is 1.29. The number of hydrogen-bond acceptors (Lipinski definition) is 8. The summed E-state index contributed by atoms with van der Waals surface area (Å²) in [5, 5.41) is 4.36. The number of anilines is 1. The highest BCUT2D eigenvalue weighted by atomic mass is 32.1. The first-order chi connectivity index (χ1) is 12.2. The molecule has 0 radical (unpaired) electrons. The maximum Gasteiger partial charge on any atom is 0.205 e. The number of methoxy groups -OCH3 is 1. The van der Waals surface area contributed by atoms with Crippen LogP contribution < -0.4 is 4.90 Å². The van der Waals surface area contributed by atoms with E-state index in [9.17, 15) is 0 Å². The number of thiazole rings is 1. The summed E-state index contributed by atoms with van der Waals surface area (Å²) >= 11 is 3.28. The fourth-order valence-electron chi connectivity index (χ4n) is 3.95. The van der Waals surface area contributed by atoms with Crippen LogP contribution in [0.4, 0.5) is 5.13 Å². The molecule has 1 aliphatic heterocycles. The average Bonchev–Trinajstić information content (AvgIpc) is 3.00. The Kier molecular flexibility index (Phi) is 5.04. The summed E-state index contributed by atoms with van der Waals surface area (Å²) in [6, 6.07) is 0.713. The van der Waals surface area contributed by atoms with Crippen molar-refractivity contribution in [2.75, 3.05) is 38.8 Å². The second-order valence-corrected chi connectivity index (χ2v) is 8.86. The molecule has 25 heavy (non-hydrogen) atoms. The zero-order valence-electron chi connectivity index (χ0n) is 14.8. The van der Waals surface area contributed by atoms with E-state index < -0.39 is 0 Å². The molecular weight excluding hydrogens is 354 g/mol. The number of piperidine rings is 1. The Hall–Kier alpha value is -1.09.